The lowest BCUT2D eigenvalue weighted by Crippen LogP contribution is -2.41. The maximum absolute atomic E-state index is 6.28. The highest BCUT2D eigenvalue weighted by atomic mass is 35.5. The predicted molar refractivity (Wildman–Crippen MR) is 90.4 cm³/mol. The van der Waals surface area contributed by atoms with Gasteiger partial charge in [0.1, 0.15) is 0 Å². The maximum atomic E-state index is 6.28. The Kier molecular flexibility index (Phi) is 4.34. The molecule has 1 saturated carbocycles. The molecule has 1 atom stereocenters. The van der Waals surface area contributed by atoms with Crippen LogP contribution >= 0.6 is 22.9 Å². The molecule has 1 aliphatic carbocycles. The van der Waals surface area contributed by atoms with Crippen LogP contribution in [0.2, 0.25) is 5.02 Å². The van der Waals surface area contributed by atoms with Crippen molar-refractivity contribution in [1.29, 1.82) is 0 Å². The summed E-state index contributed by atoms with van der Waals surface area (Å²) in [6.07, 6.45) is 2.34. The lowest BCUT2D eigenvalue weighted by atomic mass is 9.75. The summed E-state index contributed by atoms with van der Waals surface area (Å²) in [5.74, 6) is 0.604. The van der Waals surface area contributed by atoms with Gasteiger partial charge in [-0.05, 0) is 51.2 Å². The van der Waals surface area contributed by atoms with E-state index in [1.165, 1.54) is 29.0 Å². The topological polar surface area (TPSA) is 24.9 Å². The van der Waals surface area contributed by atoms with Crippen molar-refractivity contribution in [3.8, 4) is 0 Å². The van der Waals surface area contributed by atoms with Crippen LogP contribution in [0.3, 0.4) is 0 Å². The molecule has 0 saturated heterocycles. The summed E-state index contributed by atoms with van der Waals surface area (Å²) in [6, 6.07) is 9.19. The number of nitrogens with zero attached hydrogens (tertiary/aromatic N) is 1. The van der Waals surface area contributed by atoms with Crippen LogP contribution < -0.4 is 5.32 Å². The van der Waals surface area contributed by atoms with Gasteiger partial charge >= 0.3 is 0 Å². The molecule has 1 aromatic carbocycles. The van der Waals surface area contributed by atoms with Gasteiger partial charge in [0.2, 0.25) is 0 Å². The van der Waals surface area contributed by atoms with E-state index in [-0.39, 0.29) is 0 Å². The monoisotopic (exact) mass is 320 g/mol. The molecular formula is C17H21ClN2S. The number of thiazole rings is 1. The normalized spacial score (nSPS) is 22.9. The molecule has 1 N–H and O–H groups in total. The lowest BCUT2D eigenvalue weighted by Gasteiger charge is -2.38. The van der Waals surface area contributed by atoms with Crippen LogP contribution in [-0.2, 0) is 0 Å². The molecule has 0 bridgehead atoms. The van der Waals surface area contributed by atoms with Crippen molar-refractivity contribution in [2.75, 3.05) is 0 Å². The fourth-order valence-electron chi connectivity index (χ4n) is 3.19. The van der Waals surface area contributed by atoms with Crippen molar-refractivity contribution >= 4 is 22.9 Å². The van der Waals surface area contributed by atoms with E-state index in [1.54, 1.807) is 11.3 Å². The minimum Gasteiger partial charge on any atom is -0.307 e. The van der Waals surface area contributed by atoms with E-state index in [0.29, 0.717) is 18.0 Å². The molecule has 0 radical (unpaired) electrons. The number of hydrogen-bond donors (Lipinski definition) is 1. The summed E-state index contributed by atoms with van der Waals surface area (Å²) >= 11 is 8.08. The molecule has 3 rings (SSSR count). The molecule has 0 aliphatic heterocycles. The first-order valence-electron chi connectivity index (χ1n) is 7.49. The minimum atomic E-state index is 0.383. The average Bonchev–Trinajstić information content (AvgIpc) is 2.73. The second-order valence-corrected chi connectivity index (χ2v) is 7.60. The number of hydrogen-bond acceptors (Lipinski definition) is 3. The van der Waals surface area contributed by atoms with Crippen LogP contribution in [-0.4, -0.2) is 11.0 Å². The van der Waals surface area contributed by atoms with E-state index < -0.39 is 0 Å². The summed E-state index contributed by atoms with van der Waals surface area (Å²) in [7, 11) is 0. The molecule has 21 heavy (non-hydrogen) atoms. The minimum absolute atomic E-state index is 0.383. The lowest BCUT2D eigenvalue weighted by molar-refractivity contribution is 0.272. The van der Waals surface area contributed by atoms with Gasteiger partial charge in [-0.3, -0.25) is 0 Å². The molecule has 2 aromatic rings. The Morgan fingerprint density at radius 2 is 2.00 bits per heavy atom. The quantitative estimate of drug-likeness (QED) is 0.856. The van der Waals surface area contributed by atoms with E-state index >= 15 is 0 Å². The first-order chi connectivity index (χ1) is 10.0. The zero-order chi connectivity index (χ0) is 15.0. The zero-order valence-corrected chi connectivity index (χ0v) is 14.3. The van der Waals surface area contributed by atoms with Crippen LogP contribution in [0.4, 0.5) is 0 Å². The molecule has 1 aliphatic rings. The first kappa shape index (κ1) is 15.0. The molecule has 1 fully saturated rings. The second-order valence-electron chi connectivity index (χ2n) is 5.96. The van der Waals surface area contributed by atoms with Crippen LogP contribution in [0.15, 0.2) is 24.3 Å². The molecule has 1 aromatic heterocycles. The van der Waals surface area contributed by atoms with Crippen LogP contribution in [0, 0.1) is 13.8 Å². The highest BCUT2D eigenvalue weighted by molar-refractivity contribution is 7.11. The Labute approximate surface area is 135 Å². The third kappa shape index (κ3) is 3.15. The van der Waals surface area contributed by atoms with E-state index in [1.807, 2.05) is 12.1 Å². The van der Waals surface area contributed by atoms with E-state index in [2.05, 4.69) is 43.2 Å². The molecule has 0 spiro atoms. The summed E-state index contributed by atoms with van der Waals surface area (Å²) in [6.45, 7) is 6.41. The van der Waals surface area contributed by atoms with Gasteiger partial charge in [0.25, 0.3) is 0 Å². The molecule has 4 heteroatoms. The van der Waals surface area contributed by atoms with E-state index in [0.717, 1.165) is 10.0 Å². The van der Waals surface area contributed by atoms with Crippen LogP contribution in [0.5, 0.6) is 0 Å². The first-order valence-corrected chi connectivity index (χ1v) is 8.68. The fourth-order valence-corrected chi connectivity index (χ4v) is 4.42. The Morgan fingerprint density at radius 3 is 2.62 bits per heavy atom. The van der Waals surface area contributed by atoms with Gasteiger partial charge in [0.05, 0.1) is 10.7 Å². The summed E-state index contributed by atoms with van der Waals surface area (Å²) in [5, 5.41) is 5.79. The standard InChI is InChI=1S/C17H21ClN2S/c1-10-17(21-12(3)19-10)11(2)20-14-8-13(9-14)15-6-4-5-7-16(15)18/h4-7,11,13-14,20H,8-9H2,1-3H3. The summed E-state index contributed by atoms with van der Waals surface area (Å²) in [5.41, 5.74) is 2.47. The largest absolute Gasteiger partial charge is 0.307 e. The third-order valence-electron chi connectivity index (χ3n) is 4.30. The zero-order valence-electron chi connectivity index (χ0n) is 12.7. The highest BCUT2D eigenvalue weighted by Crippen LogP contribution is 2.41. The smallest absolute Gasteiger partial charge is 0.0900 e. The molecule has 0 amide bonds. The summed E-state index contributed by atoms with van der Waals surface area (Å²) in [4.78, 5) is 5.89. The van der Waals surface area contributed by atoms with Crippen molar-refractivity contribution < 1.29 is 0 Å². The van der Waals surface area contributed by atoms with Gasteiger partial charge in [-0.25, -0.2) is 4.98 Å². The Morgan fingerprint density at radius 1 is 1.29 bits per heavy atom. The van der Waals surface area contributed by atoms with Crippen molar-refractivity contribution in [2.45, 2.75) is 51.6 Å². The van der Waals surface area contributed by atoms with Gasteiger partial charge in [0.15, 0.2) is 0 Å². The van der Waals surface area contributed by atoms with Gasteiger partial charge in [-0.15, -0.1) is 11.3 Å². The van der Waals surface area contributed by atoms with E-state index in [9.17, 15) is 0 Å². The average molecular weight is 321 g/mol. The number of halogens is 1. The summed E-state index contributed by atoms with van der Waals surface area (Å²) < 4.78 is 0. The van der Waals surface area contributed by atoms with Crippen LogP contribution in [0.25, 0.3) is 0 Å². The number of benzene rings is 1. The molecular weight excluding hydrogens is 300 g/mol. The number of rotatable bonds is 4. The van der Waals surface area contributed by atoms with Gasteiger partial charge < -0.3 is 5.32 Å². The van der Waals surface area contributed by atoms with Crippen molar-refractivity contribution in [2.24, 2.45) is 0 Å². The molecule has 2 nitrogen and oxygen atoms in total. The Balaban J connectivity index is 1.58. The Bertz CT molecular complexity index is 631. The van der Waals surface area contributed by atoms with Gasteiger partial charge in [-0.1, -0.05) is 29.8 Å². The number of nitrogens with one attached hydrogen (secondary N) is 1. The van der Waals surface area contributed by atoms with Crippen molar-refractivity contribution in [3.05, 3.63) is 50.4 Å². The SMILES string of the molecule is Cc1nc(C)c(C(C)NC2CC(c3ccccc3Cl)C2)s1. The fraction of sp³-hybridized carbons (Fsp3) is 0.471. The van der Waals surface area contributed by atoms with Gasteiger partial charge in [-0.2, -0.15) is 0 Å². The third-order valence-corrected chi connectivity index (χ3v) is 5.90. The molecule has 1 unspecified atom stereocenters. The number of aryl methyl sites for hydroxylation is 2. The Hall–Kier alpha value is -0.900. The highest BCUT2D eigenvalue weighted by Gasteiger charge is 2.32. The second kappa shape index (κ2) is 6.07. The van der Waals surface area contributed by atoms with E-state index in [4.69, 9.17) is 11.6 Å². The van der Waals surface area contributed by atoms with Crippen molar-refractivity contribution in [1.82, 2.24) is 10.3 Å². The maximum Gasteiger partial charge on any atom is 0.0900 e. The molecule has 112 valence electrons. The van der Waals surface area contributed by atoms with Crippen LogP contribution in [0.1, 0.15) is 52.9 Å². The number of aromatic nitrogens is 1. The molecule has 1 heterocycles. The van der Waals surface area contributed by atoms with Crippen molar-refractivity contribution in [3.63, 3.8) is 0 Å². The predicted octanol–water partition coefficient (Wildman–Crippen LogP) is 5.01. The van der Waals surface area contributed by atoms with Gasteiger partial charge in [0, 0.05) is 22.0 Å².